The van der Waals surface area contributed by atoms with Gasteiger partial charge in [0.25, 0.3) is 0 Å². The van der Waals surface area contributed by atoms with Gasteiger partial charge in [-0.2, -0.15) is 0 Å². The van der Waals surface area contributed by atoms with E-state index >= 15 is 0 Å². The van der Waals surface area contributed by atoms with Crippen molar-refractivity contribution in [3.05, 3.63) is 58.4 Å². The van der Waals surface area contributed by atoms with E-state index < -0.39 is 6.10 Å². The number of benzene rings is 2. The molecular weight excluding hydrogens is 336 g/mol. The molecule has 3 aromatic rings. The Balaban J connectivity index is 1.64. The fourth-order valence-corrected chi connectivity index (χ4v) is 3.32. The molecule has 0 fully saturated rings. The molecule has 0 saturated heterocycles. The van der Waals surface area contributed by atoms with Crippen molar-refractivity contribution >= 4 is 11.0 Å². The van der Waals surface area contributed by atoms with E-state index in [1.54, 1.807) is 6.92 Å². The monoisotopic (exact) mass is 366 g/mol. The number of hydrogen-bond donors (Lipinski definition) is 1. The highest BCUT2D eigenvalue weighted by molar-refractivity contribution is 5.78. The van der Waals surface area contributed by atoms with Crippen molar-refractivity contribution in [2.75, 3.05) is 6.61 Å². The van der Waals surface area contributed by atoms with Gasteiger partial charge < -0.3 is 14.4 Å². The maximum Gasteiger partial charge on any atom is 0.138 e. The first-order valence-electron chi connectivity index (χ1n) is 9.72. The molecule has 0 radical (unpaired) electrons. The number of unbranched alkanes of at least 4 members (excludes halogenated alkanes) is 1. The second-order valence-electron chi connectivity index (χ2n) is 7.52. The van der Waals surface area contributed by atoms with Gasteiger partial charge in [-0.05, 0) is 94.0 Å². The van der Waals surface area contributed by atoms with Gasteiger partial charge in [0.2, 0.25) is 0 Å². The van der Waals surface area contributed by atoms with Crippen molar-refractivity contribution in [2.24, 2.45) is 0 Å². The number of aliphatic hydroxyl groups is 1. The van der Waals surface area contributed by atoms with Gasteiger partial charge in [0.05, 0.1) is 17.6 Å². The van der Waals surface area contributed by atoms with Crippen molar-refractivity contribution in [3.63, 3.8) is 0 Å². The molecule has 4 heteroatoms. The zero-order chi connectivity index (χ0) is 19.6. The number of imidazole rings is 1. The smallest absolute Gasteiger partial charge is 0.138 e. The van der Waals surface area contributed by atoms with Crippen LogP contribution in [0.4, 0.5) is 0 Å². The van der Waals surface area contributed by atoms with Crippen LogP contribution in [0, 0.1) is 27.7 Å². The lowest BCUT2D eigenvalue weighted by atomic mass is 10.1. The molecular formula is C23H30N2O2. The van der Waals surface area contributed by atoms with E-state index in [1.807, 2.05) is 6.07 Å². The quantitative estimate of drug-likeness (QED) is 0.586. The molecule has 1 heterocycles. The molecule has 0 aliphatic heterocycles. The van der Waals surface area contributed by atoms with E-state index in [9.17, 15) is 5.11 Å². The van der Waals surface area contributed by atoms with Crippen LogP contribution in [0.5, 0.6) is 5.75 Å². The van der Waals surface area contributed by atoms with E-state index in [1.165, 1.54) is 22.3 Å². The number of rotatable bonds is 7. The van der Waals surface area contributed by atoms with E-state index in [2.05, 4.69) is 61.5 Å². The maximum atomic E-state index is 10.1. The lowest BCUT2D eigenvalue weighted by Gasteiger charge is -2.12. The molecule has 3 rings (SSSR count). The molecule has 1 N–H and O–H groups in total. The van der Waals surface area contributed by atoms with Gasteiger partial charge in [-0.1, -0.05) is 6.07 Å². The van der Waals surface area contributed by atoms with Crippen molar-refractivity contribution in [1.82, 2.24) is 9.55 Å². The normalized spacial score (nSPS) is 12.5. The number of nitrogens with zero attached hydrogens (tertiary/aromatic N) is 2. The molecule has 1 unspecified atom stereocenters. The van der Waals surface area contributed by atoms with Crippen LogP contribution in [-0.4, -0.2) is 21.3 Å². The highest BCUT2D eigenvalue weighted by atomic mass is 16.5. The van der Waals surface area contributed by atoms with Crippen LogP contribution in [0.2, 0.25) is 0 Å². The number of ether oxygens (including phenoxy) is 1. The summed E-state index contributed by atoms with van der Waals surface area (Å²) in [5, 5.41) is 10.1. The van der Waals surface area contributed by atoms with Crippen LogP contribution in [0.3, 0.4) is 0 Å². The van der Waals surface area contributed by atoms with E-state index in [-0.39, 0.29) is 0 Å². The number of fused-ring (bicyclic) bond motifs is 1. The van der Waals surface area contributed by atoms with Gasteiger partial charge in [0.1, 0.15) is 17.7 Å². The van der Waals surface area contributed by atoms with Crippen molar-refractivity contribution in [2.45, 2.75) is 60.1 Å². The molecule has 0 saturated carbocycles. The van der Waals surface area contributed by atoms with Gasteiger partial charge >= 0.3 is 0 Å². The van der Waals surface area contributed by atoms with Crippen molar-refractivity contribution in [3.8, 4) is 5.75 Å². The first-order valence-corrected chi connectivity index (χ1v) is 9.72. The second kappa shape index (κ2) is 8.13. The van der Waals surface area contributed by atoms with Crippen LogP contribution in [0.1, 0.15) is 53.9 Å². The third kappa shape index (κ3) is 4.33. The first kappa shape index (κ1) is 19.4. The Morgan fingerprint density at radius 1 is 0.963 bits per heavy atom. The highest BCUT2D eigenvalue weighted by Crippen LogP contribution is 2.24. The molecule has 27 heavy (non-hydrogen) atoms. The summed E-state index contributed by atoms with van der Waals surface area (Å²) in [5.74, 6) is 1.67. The predicted octanol–water partition coefficient (Wildman–Crippen LogP) is 5.18. The Hall–Kier alpha value is -2.33. The summed E-state index contributed by atoms with van der Waals surface area (Å²) in [6.45, 7) is 11.7. The number of aliphatic hydroxyl groups excluding tert-OH is 1. The van der Waals surface area contributed by atoms with Gasteiger partial charge in [-0.3, -0.25) is 0 Å². The molecule has 1 aromatic heterocycles. The molecule has 0 aliphatic rings. The third-order valence-electron chi connectivity index (χ3n) is 5.29. The Labute approximate surface area is 161 Å². The van der Waals surface area contributed by atoms with Gasteiger partial charge in [-0.15, -0.1) is 0 Å². The molecule has 1 atom stereocenters. The average molecular weight is 367 g/mol. The number of aryl methyl sites for hydroxylation is 5. The average Bonchev–Trinajstić information content (AvgIpc) is 2.96. The standard InChI is InChI=1S/C23H30N2O2/c1-15-8-9-20(12-16(15)2)27-11-7-6-10-25-22-14-18(4)17(3)13-21(22)24-23(25)19(5)26/h8-9,12-14,19,26H,6-7,10-11H2,1-5H3. The molecule has 0 aliphatic carbocycles. The summed E-state index contributed by atoms with van der Waals surface area (Å²) in [5.41, 5.74) is 7.07. The Kier molecular flexibility index (Phi) is 5.85. The Morgan fingerprint density at radius 3 is 2.37 bits per heavy atom. The molecule has 0 bridgehead atoms. The summed E-state index contributed by atoms with van der Waals surface area (Å²) < 4.78 is 8.04. The van der Waals surface area contributed by atoms with Crippen LogP contribution >= 0.6 is 0 Å². The maximum absolute atomic E-state index is 10.1. The SMILES string of the molecule is Cc1ccc(OCCCCn2c(C(C)O)nc3cc(C)c(C)cc32)cc1C. The van der Waals surface area contributed by atoms with E-state index in [4.69, 9.17) is 4.74 Å². The highest BCUT2D eigenvalue weighted by Gasteiger charge is 2.15. The molecule has 2 aromatic carbocycles. The summed E-state index contributed by atoms with van der Waals surface area (Å²) in [6, 6.07) is 10.5. The molecule has 144 valence electrons. The van der Waals surface area contributed by atoms with Crippen LogP contribution in [0.15, 0.2) is 30.3 Å². The fourth-order valence-electron chi connectivity index (χ4n) is 3.32. The van der Waals surface area contributed by atoms with Gasteiger partial charge in [0.15, 0.2) is 0 Å². The van der Waals surface area contributed by atoms with Crippen LogP contribution in [-0.2, 0) is 6.54 Å². The Morgan fingerprint density at radius 2 is 1.67 bits per heavy atom. The molecule has 0 spiro atoms. The second-order valence-corrected chi connectivity index (χ2v) is 7.52. The fraction of sp³-hybridized carbons (Fsp3) is 0.435. The number of aromatic nitrogens is 2. The zero-order valence-corrected chi connectivity index (χ0v) is 17.0. The Bertz CT molecular complexity index is 941. The summed E-state index contributed by atoms with van der Waals surface area (Å²) >= 11 is 0. The van der Waals surface area contributed by atoms with Crippen molar-refractivity contribution in [1.29, 1.82) is 0 Å². The van der Waals surface area contributed by atoms with Crippen LogP contribution < -0.4 is 4.74 Å². The lowest BCUT2D eigenvalue weighted by molar-refractivity contribution is 0.184. The largest absolute Gasteiger partial charge is 0.494 e. The summed E-state index contributed by atoms with van der Waals surface area (Å²) in [4.78, 5) is 4.66. The lowest BCUT2D eigenvalue weighted by Crippen LogP contribution is -2.08. The van der Waals surface area contributed by atoms with Gasteiger partial charge in [0, 0.05) is 6.54 Å². The van der Waals surface area contributed by atoms with Gasteiger partial charge in [-0.25, -0.2) is 4.98 Å². The van der Waals surface area contributed by atoms with E-state index in [0.29, 0.717) is 6.61 Å². The third-order valence-corrected chi connectivity index (χ3v) is 5.29. The summed E-state index contributed by atoms with van der Waals surface area (Å²) in [6.07, 6.45) is 1.35. The minimum Gasteiger partial charge on any atom is -0.494 e. The zero-order valence-electron chi connectivity index (χ0n) is 17.0. The predicted molar refractivity (Wildman–Crippen MR) is 110 cm³/mol. The summed E-state index contributed by atoms with van der Waals surface area (Å²) in [7, 11) is 0. The molecule has 4 nitrogen and oxygen atoms in total. The number of hydrogen-bond acceptors (Lipinski definition) is 3. The van der Waals surface area contributed by atoms with Crippen molar-refractivity contribution < 1.29 is 9.84 Å². The first-order chi connectivity index (χ1) is 12.9. The molecule has 0 amide bonds. The minimum absolute atomic E-state index is 0.579. The van der Waals surface area contributed by atoms with E-state index in [0.717, 1.165) is 42.0 Å². The van der Waals surface area contributed by atoms with Crippen LogP contribution in [0.25, 0.3) is 11.0 Å². The topological polar surface area (TPSA) is 47.3 Å². The minimum atomic E-state index is -0.579.